The van der Waals surface area contributed by atoms with Gasteiger partial charge in [-0.1, -0.05) is 24.3 Å². The van der Waals surface area contributed by atoms with Crippen molar-refractivity contribution >= 4 is 16.8 Å². The van der Waals surface area contributed by atoms with Crippen LogP contribution in [0.25, 0.3) is 10.9 Å². The number of carbonyl (C=O) groups is 1. The summed E-state index contributed by atoms with van der Waals surface area (Å²) in [6, 6.07) is 12.3. The van der Waals surface area contributed by atoms with Crippen LogP contribution in [-0.2, 0) is 0 Å². The first-order valence-corrected chi connectivity index (χ1v) is 8.68. The Bertz CT molecular complexity index is 703. The van der Waals surface area contributed by atoms with E-state index in [2.05, 4.69) is 10.3 Å². The fraction of sp³-hybridized carbons (Fsp3) is 0.474. The Morgan fingerprint density at radius 1 is 1.09 bits per heavy atom. The third-order valence-corrected chi connectivity index (χ3v) is 4.99. The van der Waals surface area contributed by atoms with Crippen LogP contribution in [0, 0.1) is 5.92 Å². The minimum Gasteiger partial charge on any atom is -0.337 e. The molecule has 2 aliphatic rings. The summed E-state index contributed by atoms with van der Waals surface area (Å²) in [5, 5.41) is 4.73. The van der Waals surface area contributed by atoms with Crippen molar-refractivity contribution in [1.29, 1.82) is 0 Å². The minimum absolute atomic E-state index is 0.0661. The highest BCUT2D eigenvalue weighted by Crippen LogP contribution is 2.28. The Kier molecular flexibility index (Phi) is 4.00. The topological polar surface area (TPSA) is 45.2 Å². The van der Waals surface area contributed by atoms with Gasteiger partial charge in [-0.15, -0.1) is 0 Å². The Morgan fingerprint density at radius 3 is 2.65 bits per heavy atom. The van der Waals surface area contributed by atoms with Crippen LogP contribution in [0.15, 0.2) is 36.4 Å². The van der Waals surface area contributed by atoms with Crippen LogP contribution in [0.4, 0.5) is 0 Å². The average Bonchev–Trinajstić information content (AvgIpc) is 3.44. The molecule has 0 bridgehead atoms. The molecule has 1 aliphatic carbocycles. The number of hydrogen-bond donors (Lipinski definition) is 1. The van der Waals surface area contributed by atoms with Crippen LogP contribution in [0.5, 0.6) is 0 Å². The number of pyridine rings is 1. The van der Waals surface area contributed by atoms with Crippen molar-refractivity contribution in [3.8, 4) is 0 Å². The third kappa shape index (κ3) is 3.37. The fourth-order valence-electron chi connectivity index (χ4n) is 3.29. The smallest absolute Gasteiger partial charge is 0.272 e. The maximum absolute atomic E-state index is 12.7. The lowest BCUT2D eigenvalue weighted by atomic mass is 10.0. The molecule has 2 heterocycles. The Labute approximate surface area is 136 Å². The summed E-state index contributed by atoms with van der Waals surface area (Å²) in [4.78, 5) is 19.2. The Hall–Kier alpha value is -1.94. The zero-order chi connectivity index (χ0) is 15.6. The van der Waals surface area contributed by atoms with E-state index in [0.717, 1.165) is 49.3 Å². The number of hydrogen-bond acceptors (Lipinski definition) is 3. The normalized spacial score (nSPS) is 19.2. The first-order valence-electron chi connectivity index (χ1n) is 8.68. The van der Waals surface area contributed by atoms with Gasteiger partial charge in [0.05, 0.1) is 5.52 Å². The molecule has 1 aliphatic heterocycles. The lowest BCUT2D eigenvalue weighted by Crippen LogP contribution is -2.45. The molecule has 120 valence electrons. The second kappa shape index (κ2) is 6.28. The van der Waals surface area contributed by atoms with Crippen molar-refractivity contribution in [3.05, 3.63) is 42.1 Å². The predicted octanol–water partition coefficient (Wildman–Crippen LogP) is 2.84. The lowest BCUT2D eigenvalue weighted by molar-refractivity contribution is 0.0699. The van der Waals surface area contributed by atoms with E-state index in [4.69, 9.17) is 0 Å². The molecule has 0 atom stereocenters. The summed E-state index contributed by atoms with van der Waals surface area (Å²) in [5.74, 6) is 0.979. The van der Waals surface area contributed by atoms with E-state index < -0.39 is 0 Å². The molecule has 1 N–H and O–H groups in total. The van der Waals surface area contributed by atoms with Crippen molar-refractivity contribution in [2.45, 2.75) is 31.7 Å². The quantitative estimate of drug-likeness (QED) is 0.944. The van der Waals surface area contributed by atoms with E-state index in [9.17, 15) is 4.79 Å². The van der Waals surface area contributed by atoms with E-state index in [1.807, 2.05) is 41.3 Å². The van der Waals surface area contributed by atoms with Gasteiger partial charge in [0.1, 0.15) is 5.69 Å². The highest BCUT2D eigenvalue weighted by Gasteiger charge is 2.26. The maximum Gasteiger partial charge on any atom is 0.272 e. The third-order valence-electron chi connectivity index (χ3n) is 4.99. The summed E-state index contributed by atoms with van der Waals surface area (Å²) in [6.45, 7) is 2.82. The van der Waals surface area contributed by atoms with Crippen molar-refractivity contribution in [1.82, 2.24) is 15.2 Å². The summed E-state index contributed by atoms with van der Waals surface area (Å²) in [6.07, 6.45) is 4.87. The fourth-order valence-corrected chi connectivity index (χ4v) is 3.29. The largest absolute Gasteiger partial charge is 0.337 e. The Morgan fingerprint density at radius 2 is 1.87 bits per heavy atom. The number of fused-ring (bicyclic) bond motifs is 1. The van der Waals surface area contributed by atoms with E-state index in [-0.39, 0.29) is 5.91 Å². The molecule has 4 rings (SSSR count). The van der Waals surface area contributed by atoms with Crippen LogP contribution < -0.4 is 5.32 Å². The summed E-state index contributed by atoms with van der Waals surface area (Å²) in [7, 11) is 0. The molecule has 0 unspecified atom stereocenters. The van der Waals surface area contributed by atoms with Crippen LogP contribution >= 0.6 is 0 Å². The first kappa shape index (κ1) is 14.6. The number of amides is 1. The molecule has 0 spiro atoms. The van der Waals surface area contributed by atoms with Crippen molar-refractivity contribution in [2.24, 2.45) is 5.92 Å². The van der Waals surface area contributed by atoms with Gasteiger partial charge in [-0.2, -0.15) is 0 Å². The number of carbonyl (C=O) groups excluding carboxylic acids is 1. The van der Waals surface area contributed by atoms with Gasteiger partial charge in [-0.3, -0.25) is 4.79 Å². The van der Waals surface area contributed by atoms with Gasteiger partial charge >= 0.3 is 0 Å². The monoisotopic (exact) mass is 309 g/mol. The summed E-state index contributed by atoms with van der Waals surface area (Å²) in [5.41, 5.74) is 1.45. The average molecular weight is 309 g/mol. The van der Waals surface area contributed by atoms with Crippen LogP contribution in [-0.4, -0.2) is 41.5 Å². The van der Waals surface area contributed by atoms with Crippen LogP contribution in [0.3, 0.4) is 0 Å². The van der Waals surface area contributed by atoms with E-state index in [0.29, 0.717) is 11.7 Å². The highest BCUT2D eigenvalue weighted by atomic mass is 16.2. The van der Waals surface area contributed by atoms with E-state index in [1.54, 1.807) is 0 Å². The molecule has 1 aromatic heterocycles. The zero-order valence-corrected chi connectivity index (χ0v) is 13.4. The standard InChI is InChI=1S/C19H23N3O/c23-19(18-8-7-15-3-1-2-4-17(15)21-18)22-11-9-16(10-12-22)20-13-14-5-6-14/h1-4,7-8,14,16,20H,5-6,9-13H2. The molecular formula is C19H23N3O. The molecule has 1 saturated carbocycles. The molecule has 4 heteroatoms. The molecule has 1 saturated heterocycles. The van der Waals surface area contributed by atoms with Gasteiger partial charge in [0.15, 0.2) is 0 Å². The van der Waals surface area contributed by atoms with Gasteiger partial charge in [-0.25, -0.2) is 4.98 Å². The molecule has 2 fully saturated rings. The number of nitrogens with one attached hydrogen (secondary N) is 1. The Balaban J connectivity index is 1.38. The van der Waals surface area contributed by atoms with Gasteiger partial charge < -0.3 is 10.2 Å². The molecule has 23 heavy (non-hydrogen) atoms. The van der Waals surface area contributed by atoms with E-state index in [1.165, 1.54) is 12.8 Å². The maximum atomic E-state index is 12.7. The van der Waals surface area contributed by atoms with Crippen LogP contribution in [0.1, 0.15) is 36.2 Å². The molecule has 1 aromatic carbocycles. The number of benzene rings is 1. The minimum atomic E-state index is 0.0661. The van der Waals surface area contributed by atoms with Crippen molar-refractivity contribution < 1.29 is 4.79 Å². The number of likely N-dealkylation sites (tertiary alicyclic amines) is 1. The van der Waals surface area contributed by atoms with Crippen molar-refractivity contribution in [2.75, 3.05) is 19.6 Å². The molecular weight excluding hydrogens is 286 g/mol. The molecule has 1 amide bonds. The second-order valence-corrected chi connectivity index (χ2v) is 6.81. The van der Waals surface area contributed by atoms with Gasteiger partial charge in [0.2, 0.25) is 0 Å². The zero-order valence-electron chi connectivity index (χ0n) is 13.4. The number of aromatic nitrogens is 1. The van der Waals surface area contributed by atoms with Gasteiger partial charge in [0, 0.05) is 24.5 Å². The molecule has 0 radical (unpaired) electrons. The first-order chi connectivity index (χ1) is 11.3. The SMILES string of the molecule is O=C(c1ccc2ccccc2n1)N1CCC(NCC2CC2)CC1. The van der Waals surface area contributed by atoms with E-state index >= 15 is 0 Å². The lowest BCUT2D eigenvalue weighted by Gasteiger charge is -2.32. The predicted molar refractivity (Wildman–Crippen MR) is 91.4 cm³/mol. The summed E-state index contributed by atoms with van der Waals surface area (Å²) < 4.78 is 0. The van der Waals surface area contributed by atoms with Crippen molar-refractivity contribution in [3.63, 3.8) is 0 Å². The summed E-state index contributed by atoms with van der Waals surface area (Å²) >= 11 is 0. The number of para-hydroxylation sites is 1. The van der Waals surface area contributed by atoms with Crippen LogP contribution in [0.2, 0.25) is 0 Å². The number of piperidine rings is 1. The molecule has 4 nitrogen and oxygen atoms in total. The second-order valence-electron chi connectivity index (χ2n) is 6.81. The molecule has 2 aromatic rings. The number of nitrogens with zero attached hydrogens (tertiary/aromatic N) is 2. The van der Waals surface area contributed by atoms with Gasteiger partial charge in [0.25, 0.3) is 5.91 Å². The van der Waals surface area contributed by atoms with Gasteiger partial charge in [-0.05, 0) is 50.3 Å². The number of rotatable bonds is 4. The highest BCUT2D eigenvalue weighted by molar-refractivity contribution is 5.94.